The molecule has 104 valence electrons. The van der Waals surface area contributed by atoms with Crippen molar-refractivity contribution in [3.63, 3.8) is 0 Å². The third-order valence-electron chi connectivity index (χ3n) is 2.66. The number of aromatic nitrogens is 1. The molecular formula is C13H18N2O4. The number of nitrogens with zero attached hydrogens (tertiary/aromatic N) is 1. The molecule has 1 unspecified atom stereocenters. The van der Waals surface area contributed by atoms with Gasteiger partial charge in [0.1, 0.15) is 6.04 Å². The van der Waals surface area contributed by atoms with Crippen molar-refractivity contribution in [3.05, 3.63) is 34.2 Å². The summed E-state index contributed by atoms with van der Waals surface area (Å²) in [6.07, 6.45) is 1.73. The summed E-state index contributed by atoms with van der Waals surface area (Å²) in [6.45, 7) is 3.77. The topological polar surface area (TPSA) is 88.4 Å². The van der Waals surface area contributed by atoms with E-state index in [2.05, 4.69) is 5.32 Å². The first-order chi connectivity index (χ1) is 8.81. The first-order valence-corrected chi connectivity index (χ1v) is 6.01. The van der Waals surface area contributed by atoms with E-state index in [1.807, 2.05) is 13.8 Å². The highest BCUT2D eigenvalue weighted by Gasteiger charge is 2.21. The molecule has 1 rings (SSSR count). The number of carbonyl (C=O) groups is 2. The molecule has 1 aromatic heterocycles. The first-order valence-electron chi connectivity index (χ1n) is 6.01. The number of aliphatic carboxylic acids is 1. The Balaban J connectivity index is 2.84. The van der Waals surface area contributed by atoms with Gasteiger partial charge in [-0.05, 0) is 18.4 Å². The van der Waals surface area contributed by atoms with Gasteiger partial charge in [-0.1, -0.05) is 13.8 Å². The summed E-state index contributed by atoms with van der Waals surface area (Å²) in [5, 5.41) is 11.5. The molecular weight excluding hydrogens is 248 g/mol. The van der Waals surface area contributed by atoms with Gasteiger partial charge in [-0.25, -0.2) is 4.79 Å². The number of pyridine rings is 1. The van der Waals surface area contributed by atoms with E-state index in [1.165, 1.54) is 29.9 Å². The van der Waals surface area contributed by atoms with Crippen LogP contribution < -0.4 is 10.9 Å². The summed E-state index contributed by atoms with van der Waals surface area (Å²) in [6, 6.07) is 1.73. The maximum atomic E-state index is 11.9. The standard InChI is InChI=1S/C13H18N2O4/c1-8(2)6-10(13(18)19)14-12(17)9-4-5-11(16)15(3)7-9/h4-5,7-8,10H,6H2,1-3H3,(H,14,17)(H,18,19). The highest BCUT2D eigenvalue weighted by Crippen LogP contribution is 2.06. The Bertz CT molecular complexity index is 534. The molecule has 0 radical (unpaired) electrons. The van der Waals surface area contributed by atoms with Gasteiger partial charge in [0, 0.05) is 19.3 Å². The van der Waals surface area contributed by atoms with Gasteiger partial charge in [0.25, 0.3) is 5.91 Å². The van der Waals surface area contributed by atoms with E-state index >= 15 is 0 Å². The van der Waals surface area contributed by atoms with Gasteiger partial charge >= 0.3 is 5.97 Å². The molecule has 2 N–H and O–H groups in total. The van der Waals surface area contributed by atoms with E-state index in [4.69, 9.17) is 5.11 Å². The molecule has 6 nitrogen and oxygen atoms in total. The van der Waals surface area contributed by atoms with Crippen molar-refractivity contribution in [2.24, 2.45) is 13.0 Å². The Kier molecular flexibility index (Phi) is 4.86. The fraction of sp³-hybridized carbons (Fsp3) is 0.462. The fourth-order valence-corrected chi connectivity index (χ4v) is 1.66. The molecule has 0 saturated heterocycles. The van der Waals surface area contributed by atoms with Crippen molar-refractivity contribution in [2.75, 3.05) is 0 Å². The SMILES string of the molecule is CC(C)CC(NC(=O)c1ccc(=O)n(C)c1)C(=O)O. The second-order valence-electron chi connectivity index (χ2n) is 4.86. The molecule has 0 aromatic carbocycles. The van der Waals surface area contributed by atoms with E-state index in [0.29, 0.717) is 6.42 Å². The average molecular weight is 266 g/mol. The van der Waals surface area contributed by atoms with E-state index in [1.54, 1.807) is 0 Å². The lowest BCUT2D eigenvalue weighted by molar-refractivity contribution is -0.139. The van der Waals surface area contributed by atoms with Crippen molar-refractivity contribution in [1.82, 2.24) is 9.88 Å². The molecule has 0 aliphatic heterocycles. The summed E-state index contributed by atoms with van der Waals surface area (Å²) in [5.41, 5.74) is 0.0330. The first kappa shape index (κ1) is 14.9. The lowest BCUT2D eigenvalue weighted by Gasteiger charge is -2.16. The molecule has 0 saturated carbocycles. The van der Waals surface area contributed by atoms with E-state index in [-0.39, 0.29) is 17.0 Å². The van der Waals surface area contributed by atoms with Gasteiger partial charge in [0.05, 0.1) is 5.56 Å². The zero-order chi connectivity index (χ0) is 14.6. The average Bonchev–Trinajstić information content (AvgIpc) is 2.31. The quantitative estimate of drug-likeness (QED) is 0.817. The summed E-state index contributed by atoms with van der Waals surface area (Å²) >= 11 is 0. The van der Waals surface area contributed by atoms with Gasteiger partial charge in [-0.2, -0.15) is 0 Å². The molecule has 1 amide bonds. The number of rotatable bonds is 5. The van der Waals surface area contributed by atoms with Gasteiger partial charge < -0.3 is 15.0 Å². The third-order valence-corrected chi connectivity index (χ3v) is 2.66. The summed E-state index contributed by atoms with van der Waals surface area (Å²) in [7, 11) is 1.53. The number of nitrogens with one attached hydrogen (secondary N) is 1. The van der Waals surface area contributed by atoms with Gasteiger partial charge in [-0.15, -0.1) is 0 Å². The Morgan fingerprint density at radius 2 is 2.00 bits per heavy atom. The number of aryl methyl sites for hydroxylation is 1. The second kappa shape index (κ2) is 6.17. The molecule has 19 heavy (non-hydrogen) atoms. The van der Waals surface area contributed by atoms with Crippen LogP contribution in [-0.4, -0.2) is 27.6 Å². The van der Waals surface area contributed by atoms with Gasteiger partial charge in [0.15, 0.2) is 0 Å². The van der Waals surface area contributed by atoms with Crippen LogP contribution in [0, 0.1) is 5.92 Å². The predicted molar refractivity (Wildman–Crippen MR) is 70.0 cm³/mol. The maximum Gasteiger partial charge on any atom is 0.326 e. The number of hydrogen-bond acceptors (Lipinski definition) is 3. The smallest absolute Gasteiger partial charge is 0.326 e. The molecule has 0 aliphatic carbocycles. The predicted octanol–water partition coefficient (Wildman–Crippen LogP) is 0.614. The lowest BCUT2D eigenvalue weighted by Crippen LogP contribution is -2.41. The third kappa shape index (κ3) is 4.24. The van der Waals surface area contributed by atoms with Crippen LogP contribution in [0.1, 0.15) is 30.6 Å². The summed E-state index contributed by atoms with van der Waals surface area (Å²) in [4.78, 5) is 34.2. The van der Waals surface area contributed by atoms with Crippen LogP contribution >= 0.6 is 0 Å². The largest absolute Gasteiger partial charge is 0.480 e. The minimum atomic E-state index is -1.06. The highest BCUT2D eigenvalue weighted by atomic mass is 16.4. The van der Waals surface area contributed by atoms with Crippen molar-refractivity contribution in [3.8, 4) is 0 Å². The lowest BCUT2D eigenvalue weighted by atomic mass is 10.0. The normalized spacial score (nSPS) is 12.2. The minimum absolute atomic E-state index is 0.154. The van der Waals surface area contributed by atoms with Crippen LogP contribution in [0.2, 0.25) is 0 Å². The van der Waals surface area contributed by atoms with Crippen LogP contribution in [0.4, 0.5) is 0 Å². The second-order valence-corrected chi connectivity index (χ2v) is 4.86. The Morgan fingerprint density at radius 1 is 1.37 bits per heavy atom. The van der Waals surface area contributed by atoms with Crippen molar-refractivity contribution in [1.29, 1.82) is 0 Å². The molecule has 6 heteroatoms. The number of carbonyl (C=O) groups excluding carboxylic acids is 1. The van der Waals surface area contributed by atoms with Crippen LogP contribution in [0.5, 0.6) is 0 Å². The number of carboxylic acid groups (broad SMARTS) is 1. The van der Waals surface area contributed by atoms with E-state index in [0.717, 1.165) is 0 Å². The number of carboxylic acids is 1. The zero-order valence-corrected chi connectivity index (χ0v) is 11.2. The Morgan fingerprint density at radius 3 is 2.47 bits per heavy atom. The van der Waals surface area contributed by atoms with Crippen LogP contribution in [0.15, 0.2) is 23.1 Å². The molecule has 0 bridgehead atoms. The summed E-state index contributed by atoms with van der Waals surface area (Å²) in [5.74, 6) is -1.41. The molecule has 1 heterocycles. The van der Waals surface area contributed by atoms with Gasteiger partial charge in [-0.3, -0.25) is 9.59 Å². The van der Waals surface area contributed by atoms with Crippen LogP contribution in [0.25, 0.3) is 0 Å². The minimum Gasteiger partial charge on any atom is -0.480 e. The Labute approximate surface area is 111 Å². The van der Waals surface area contributed by atoms with Crippen molar-refractivity contribution in [2.45, 2.75) is 26.3 Å². The van der Waals surface area contributed by atoms with Crippen LogP contribution in [-0.2, 0) is 11.8 Å². The highest BCUT2D eigenvalue weighted by molar-refractivity contribution is 5.96. The monoisotopic (exact) mass is 266 g/mol. The molecule has 0 spiro atoms. The molecule has 0 aliphatic rings. The number of amides is 1. The van der Waals surface area contributed by atoms with Crippen molar-refractivity contribution >= 4 is 11.9 Å². The molecule has 1 aromatic rings. The number of hydrogen-bond donors (Lipinski definition) is 2. The fourth-order valence-electron chi connectivity index (χ4n) is 1.66. The maximum absolute atomic E-state index is 11.9. The van der Waals surface area contributed by atoms with E-state index < -0.39 is 17.9 Å². The summed E-state index contributed by atoms with van der Waals surface area (Å²) < 4.78 is 1.27. The van der Waals surface area contributed by atoms with Gasteiger partial charge in [0.2, 0.25) is 5.56 Å². The Hall–Kier alpha value is -2.11. The molecule has 1 atom stereocenters. The zero-order valence-electron chi connectivity index (χ0n) is 11.2. The van der Waals surface area contributed by atoms with Crippen molar-refractivity contribution < 1.29 is 14.7 Å². The van der Waals surface area contributed by atoms with E-state index in [9.17, 15) is 14.4 Å². The molecule has 0 fully saturated rings. The van der Waals surface area contributed by atoms with Crippen LogP contribution in [0.3, 0.4) is 0 Å².